The van der Waals surface area contributed by atoms with Crippen LogP contribution < -0.4 is 0 Å². The van der Waals surface area contributed by atoms with Crippen LogP contribution in [0.1, 0.15) is 67.2 Å². The highest BCUT2D eigenvalue weighted by Gasteiger charge is 2.28. The Bertz CT molecular complexity index is 462. The number of nitrogens with zero attached hydrogens (tertiary/aromatic N) is 4. The van der Waals surface area contributed by atoms with Gasteiger partial charge in [-0.1, -0.05) is 12.8 Å². The fourth-order valence-corrected chi connectivity index (χ4v) is 4.09. The molecular formula is C20H38N4. The van der Waals surface area contributed by atoms with E-state index < -0.39 is 0 Å². The third-order valence-corrected chi connectivity index (χ3v) is 6.54. The number of hydrogen-bond donors (Lipinski definition) is 0. The van der Waals surface area contributed by atoms with E-state index in [0.29, 0.717) is 12.3 Å². The molecule has 2 rings (SSSR count). The first-order chi connectivity index (χ1) is 11.3. The summed E-state index contributed by atoms with van der Waals surface area (Å²) in [5.74, 6) is 0. The Morgan fingerprint density at radius 1 is 0.583 bits per heavy atom. The summed E-state index contributed by atoms with van der Waals surface area (Å²) < 4.78 is 0. The molecule has 4 heteroatoms. The van der Waals surface area contributed by atoms with Crippen molar-refractivity contribution >= 4 is 0 Å². The van der Waals surface area contributed by atoms with Gasteiger partial charge >= 0.3 is 0 Å². The molecule has 2 aliphatic heterocycles. The molecule has 24 heavy (non-hydrogen) atoms. The van der Waals surface area contributed by atoms with E-state index in [2.05, 4.69) is 75.2 Å². The molecule has 0 spiro atoms. The fraction of sp³-hybridized carbons (Fsp3) is 0.800. The molecule has 0 N–H and O–H groups in total. The highest BCUT2D eigenvalue weighted by Crippen LogP contribution is 2.28. The molecule has 0 aromatic heterocycles. The average molecular weight is 335 g/mol. The van der Waals surface area contributed by atoms with E-state index in [1.54, 1.807) is 0 Å². The Labute approximate surface area is 149 Å². The summed E-state index contributed by atoms with van der Waals surface area (Å²) in [5, 5.41) is 0. The fourth-order valence-electron chi connectivity index (χ4n) is 4.09. The lowest BCUT2D eigenvalue weighted by molar-refractivity contribution is 0.171. The average Bonchev–Trinajstić information content (AvgIpc) is 2.86. The lowest BCUT2D eigenvalue weighted by Gasteiger charge is -2.30. The molecule has 138 valence electrons. The maximum atomic E-state index is 2.56. The van der Waals surface area contributed by atoms with Crippen LogP contribution in [-0.4, -0.2) is 59.1 Å². The third kappa shape index (κ3) is 3.52. The van der Waals surface area contributed by atoms with Gasteiger partial charge in [-0.25, -0.2) is 0 Å². The second-order valence-electron chi connectivity index (χ2n) is 7.63. The molecule has 2 heterocycles. The Balaban J connectivity index is 1.66. The Hall–Kier alpha value is -1.32. The van der Waals surface area contributed by atoms with Gasteiger partial charge in [-0.15, -0.1) is 0 Å². The Morgan fingerprint density at radius 2 is 0.917 bits per heavy atom. The van der Waals surface area contributed by atoms with Gasteiger partial charge in [0.05, 0.1) is 12.3 Å². The van der Waals surface area contributed by atoms with E-state index in [1.807, 2.05) is 0 Å². The molecule has 2 unspecified atom stereocenters. The van der Waals surface area contributed by atoms with Crippen LogP contribution in [0, 0.1) is 0 Å². The molecule has 4 nitrogen and oxygen atoms in total. The van der Waals surface area contributed by atoms with Crippen LogP contribution in [0.3, 0.4) is 0 Å². The maximum Gasteiger partial charge on any atom is 0.0979 e. The summed E-state index contributed by atoms with van der Waals surface area (Å²) in [7, 11) is 4.41. The summed E-state index contributed by atoms with van der Waals surface area (Å²) in [6, 6.07) is 0. The molecule has 2 aliphatic rings. The molecule has 2 atom stereocenters. The van der Waals surface area contributed by atoms with Gasteiger partial charge in [0.15, 0.2) is 0 Å². The van der Waals surface area contributed by atoms with Gasteiger partial charge < -0.3 is 19.6 Å². The maximum absolute atomic E-state index is 2.56. The zero-order valence-corrected chi connectivity index (χ0v) is 17.2. The summed E-state index contributed by atoms with van der Waals surface area (Å²) in [6.07, 6.45) is 6.29. The van der Waals surface area contributed by atoms with Crippen molar-refractivity contribution in [2.75, 3.05) is 27.2 Å². The van der Waals surface area contributed by atoms with Gasteiger partial charge in [0.25, 0.3) is 0 Å². The lowest BCUT2D eigenvalue weighted by Crippen LogP contribution is -2.36. The highest BCUT2D eigenvalue weighted by molar-refractivity contribution is 5.16. The lowest BCUT2D eigenvalue weighted by atomic mass is 10.1. The number of rotatable bonds is 7. The molecule has 0 fully saturated rings. The van der Waals surface area contributed by atoms with Crippen LogP contribution in [0.15, 0.2) is 22.8 Å². The van der Waals surface area contributed by atoms with E-state index in [4.69, 9.17) is 0 Å². The first-order valence-corrected chi connectivity index (χ1v) is 9.61. The van der Waals surface area contributed by atoms with Crippen LogP contribution in [-0.2, 0) is 0 Å². The highest BCUT2D eigenvalue weighted by atomic mass is 15.4. The molecule has 0 aromatic rings. The second kappa shape index (κ2) is 7.71. The zero-order valence-electron chi connectivity index (χ0n) is 17.2. The van der Waals surface area contributed by atoms with Crippen molar-refractivity contribution in [3.63, 3.8) is 0 Å². The predicted octanol–water partition coefficient (Wildman–Crippen LogP) is 4.24. The minimum absolute atomic E-state index is 0.516. The van der Waals surface area contributed by atoms with Gasteiger partial charge in [-0.05, 0) is 54.4 Å². The molecule has 0 aliphatic carbocycles. The van der Waals surface area contributed by atoms with E-state index in [-0.39, 0.29) is 0 Å². The van der Waals surface area contributed by atoms with Gasteiger partial charge in [0.1, 0.15) is 0 Å². The summed E-state index contributed by atoms with van der Waals surface area (Å²) in [4.78, 5) is 9.89. The number of hydrogen-bond acceptors (Lipinski definition) is 4. The monoisotopic (exact) mass is 334 g/mol. The van der Waals surface area contributed by atoms with Gasteiger partial charge in [0.2, 0.25) is 0 Å². The Kier molecular flexibility index (Phi) is 6.11. The predicted molar refractivity (Wildman–Crippen MR) is 103 cm³/mol. The van der Waals surface area contributed by atoms with Crippen LogP contribution in [0.25, 0.3) is 0 Å². The van der Waals surface area contributed by atoms with Crippen LogP contribution in [0.2, 0.25) is 0 Å². The summed E-state index contributed by atoms with van der Waals surface area (Å²) in [5.41, 5.74) is 5.75. The zero-order chi connectivity index (χ0) is 18.0. The first-order valence-electron chi connectivity index (χ1n) is 9.61. The topological polar surface area (TPSA) is 13.0 Å². The van der Waals surface area contributed by atoms with E-state index in [9.17, 15) is 0 Å². The third-order valence-electron chi connectivity index (χ3n) is 6.54. The van der Waals surface area contributed by atoms with E-state index in [0.717, 1.165) is 0 Å². The largest absolute Gasteiger partial charge is 0.357 e. The van der Waals surface area contributed by atoms with Crippen molar-refractivity contribution in [1.29, 1.82) is 0 Å². The number of unbranched alkanes of at least 4 members (excludes halogenated alkanes) is 3. The van der Waals surface area contributed by atoms with Crippen molar-refractivity contribution in [2.24, 2.45) is 0 Å². The van der Waals surface area contributed by atoms with Gasteiger partial charge in [-0.3, -0.25) is 0 Å². The summed E-state index contributed by atoms with van der Waals surface area (Å²) in [6.45, 7) is 16.0. The van der Waals surface area contributed by atoms with Crippen molar-refractivity contribution in [3.8, 4) is 0 Å². The summed E-state index contributed by atoms with van der Waals surface area (Å²) >= 11 is 0. The molecular weight excluding hydrogens is 296 g/mol. The Morgan fingerprint density at radius 3 is 1.17 bits per heavy atom. The SMILES string of the molecule is CC1=C(C)N(CCCCCCN2C(C)=C(C)N(C)C2C)C(C)N1C. The van der Waals surface area contributed by atoms with Crippen molar-refractivity contribution in [3.05, 3.63) is 22.8 Å². The molecule has 0 saturated heterocycles. The van der Waals surface area contributed by atoms with Crippen LogP contribution >= 0.6 is 0 Å². The normalized spacial score (nSPS) is 25.0. The van der Waals surface area contributed by atoms with Crippen molar-refractivity contribution in [1.82, 2.24) is 19.6 Å². The molecule has 0 saturated carbocycles. The second-order valence-corrected chi connectivity index (χ2v) is 7.63. The quantitative estimate of drug-likeness (QED) is 0.646. The minimum Gasteiger partial charge on any atom is -0.357 e. The smallest absolute Gasteiger partial charge is 0.0979 e. The van der Waals surface area contributed by atoms with E-state index in [1.165, 1.54) is 61.6 Å². The number of allylic oxidation sites excluding steroid dienone is 4. The molecule has 0 amide bonds. The standard InChI is InChI=1S/C20H38N4/c1-15-17(3)23(19(5)21(15)7)13-11-9-10-12-14-24-18(4)16(2)22(8)20(24)6/h19-20H,9-14H2,1-8H3. The molecule has 0 radical (unpaired) electrons. The van der Waals surface area contributed by atoms with E-state index >= 15 is 0 Å². The van der Waals surface area contributed by atoms with Crippen molar-refractivity contribution in [2.45, 2.75) is 79.6 Å². The van der Waals surface area contributed by atoms with Crippen LogP contribution in [0.4, 0.5) is 0 Å². The van der Waals surface area contributed by atoms with Crippen LogP contribution in [0.5, 0.6) is 0 Å². The first kappa shape index (κ1) is 19.0. The van der Waals surface area contributed by atoms with Crippen molar-refractivity contribution < 1.29 is 0 Å². The van der Waals surface area contributed by atoms with Gasteiger partial charge in [-0.2, -0.15) is 0 Å². The molecule has 0 aromatic carbocycles. The minimum atomic E-state index is 0.516. The van der Waals surface area contributed by atoms with Gasteiger partial charge in [0, 0.05) is 50.0 Å². The molecule has 0 bridgehead atoms.